The maximum atomic E-state index is 13.1. The third kappa shape index (κ3) is 2.40. The third-order valence-corrected chi connectivity index (χ3v) is 3.38. The summed E-state index contributed by atoms with van der Waals surface area (Å²) >= 11 is 0. The summed E-state index contributed by atoms with van der Waals surface area (Å²) in [5.74, 6) is -0.833. The van der Waals surface area contributed by atoms with Crippen LogP contribution < -0.4 is 5.32 Å². The number of carboxylic acids is 1. The standard InChI is InChI=1S/C13H16FNO2/c1-9-5-6-13(8-9,12(16)17)15-11-4-2-3-10(14)7-11/h2-4,7,9,15H,5-6,8H2,1H3,(H,16,17). The maximum absolute atomic E-state index is 13.1. The number of halogens is 1. The van der Waals surface area contributed by atoms with Gasteiger partial charge in [-0.15, -0.1) is 0 Å². The first-order valence-electron chi connectivity index (χ1n) is 5.79. The Morgan fingerprint density at radius 1 is 1.59 bits per heavy atom. The van der Waals surface area contributed by atoms with Gasteiger partial charge in [-0.2, -0.15) is 0 Å². The molecule has 1 aliphatic rings. The van der Waals surface area contributed by atoms with Crippen molar-refractivity contribution in [3.63, 3.8) is 0 Å². The van der Waals surface area contributed by atoms with E-state index in [9.17, 15) is 14.3 Å². The molecule has 92 valence electrons. The second-order valence-corrected chi connectivity index (χ2v) is 4.87. The van der Waals surface area contributed by atoms with Gasteiger partial charge >= 0.3 is 5.97 Å². The van der Waals surface area contributed by atoms with Crippen LogP contribution in [-0.4, -0.2) is 16.6 Å². The lowest BCUT2D eigenvalue weighted by molar-refractivity contribution is -0.142. The topological polar surface area (TPSA) is 49.3 Å². The summed E-state index contributed by atoms with van der Waals surface area (Å²) in [5, 5.41) is 12.3. The second kappa shape index (κ2) is 4.35. The zero-order valence-corrected chi connectivity index (χ0v) is 9.74. The minimum atomic E-state index is -0.937. The van der Waals surface area contributed by atoms with Crippen LogP contribution in [0.15, 0.2) is 24.3 Å². The van der Waals surface area contributed by atoms with E-state index in [4.69, 9.17) is 0 Å². The van der Waals surface area contributed by atoms with E-state index in [0.717, 1.165) is 6.42 Å². The average molecular weight is 237 g/mol. The minimum absolute atomic E-state index is 0.360. The summed E-state index contributed by atoms with van der Waals surface area (Å²) in [4.78, 5) is 11.4. The number of rotatable bonds is 3. The van der Waals surface area contributed by atoms with Gasteiger partial charge in [0.2, 0.25) is 0 Å². The molecule has 0 aliphatic heterocycles. The summed E-state index contributed by atoms with van der Waals surface area (Å²) in [6.45, 7) is 2.04. The summed E-state index contributed by atoms with van der Waals surface area (Å²) in [7, 11) is 0. The van der Waals surface area contributed by atoms with Gasteiger partial charge in [-0.25, -0.2) is 9.18 Å². The molecule has 0 spiro atoms. The van der Waals surface area contributed by atoms with Crippen LogP contribution in [0.3, 0.4) is 0 Å². The lowest BCUT2D eigenvalue weighted by atomic mass is 9.96. The Hall–Kier alpha value is -1.58. The summed E-state index contributed by atoms with van der Waals surface area (Å²) in [5.41, 5.74) is -0.408. The fraction of sp³-hybridized carbons (Fsp3) is 0.462. The predicted octanol–water partition coefficient (Wildman–Crippen LogP) is 2.88. The first kappa shape index (κ1) is 11.9. The van der Waals surface area contributed by atoms with Gasteiger partial charge in [-0.1, -0.05) is 13.0 Å². The average Bonchev–Trinajstić information content (AvgIpc) is 2.61. The van der Waals surface area contributed by atoms with Crippen LogP contribution in [0.25, 0.3) is 0 Å². The first-order chi connectivity index (χ1) is 8.02. The quantitative estimate of drug-likeness (QED) is 0.849. The molecule has 2 N–H and O–H groups in total. The molecule has 3 nitrogen and oxygen atoms in total. The van der Waals surface area contributed by atoms with Gasteiger partial charge in [0.05, 0.1) is 0 Å². The molecule has 0 saturated heterocycles. The monoisotopic (exact) mass is 237 g/mol. The number of aliphatic carboxylic acids is 1. The maximum Gasteiger partial charge on any atom is 0.329 e. The SMILES string of the molecule is CC1CCC(Nc2cccc(F)c2)(C(=O)O)C1. The smallest absolute Gasteiger partial charge is 0.329 e. The Balaban J connectivity index is 2.22. The highest BCUT2D eigenvalue weighted by Gasteiger charge is 2.44. The number of carbonyl (C=O) groups is 1. The molecule has 1 aromatic carbocycles. The Morgan fingerprint density at radius 2 is 2.35 bits per heavy atom. The predicted molar refractivity (Wildman–Crippen MR) is 63.4 cm³/mol. The highest BCUT2D eigenvalue weighted by Crippen LogP contribution is 2.37. The van der Waals surface area contributed by atoms with Crippen LogP contribution >= 0.6 is 0 Å². The number of hydrogen-bond acceptors (Lipinski definition) is 2. The molecule has 4 heteroatoms. The second-order valence-electron chi connectivity index (χ2n) is 4.87. The number of anilines is 1. The number of carboxylic acid groups (broad SMARTS) is 1. The number of benzene rings is 1. The van der Waals surface area contributed by atoms with E-state index in [-0.39, 0.29) is 5.82 Å². The van der Waals surface area contributed by atoms with Gasteiger partial charge in [0.15, 0.2) is 0 Å². The van der Waals surface area contributed by atoms with Crippen LogP contribution in [0.4, 0.5) is 10.1 Å². The van der Waals surface area contributed by atoms with Crippen molar-refractivity contribution in [2.45, 2.75) is 31.7 Å². The third-order valence-electron chi connectivity index (χ3n) is 3.38. The molecule has 0 radical (unpaired) electrons. The van der Waals surface area contributed by atoms with Crippen LogP contribution in [0, 0.1) is 11.7 Å². The lowest BCUT2D eigenvalue weighted by Crippen LogP contribution is -2.44. The molecule has 2 atom stereocenters. The molecule has 1 aromatic rings. The summed E-state index contributed by atoms with van der Waals surface area (Å²) in [6, 6.07) is 5.94. The Labute approximate surface area is 99.7 Å². The van der Waals surface area contributed by atoms with Crippen LogP contribution in [0.1, 0.15) is 26.2 Å². The van der Waals surface area contributed by atoms with Crippen molar-refractivity contribution >= 4 is 11.7 Å². The number of nitrogens with one attached hydrogen (secondary N) is 1. The van der Waals surface area contributed by atoms with Crippen LogP contribution in [0.5, 0.6) is 0 Å². The zero-order chi connectivity index (χ0) is 12.5. The van der Waals surface area contributed by atoms with Crippen molar-refractivity contribution < 1.29 is 14.3 Å². The fourth-order valence-electron chi connectivity index (χ4n) is 2.50. The van der Waals surface area contributed by atoms with Gasteiger partial charge < -0.3 is 10.4 Å². The van der Waals surface area contributed by atoms with Crippen molar-refractivity contribution in [2.24, 2.45) is 5.92 Å². The van der Waals surface area contributed by atoms with E-state index >= 15 is 0 Å². The van der Waals surface area contributed by atoms with Gasteiger partial charge in [0.25, 0.3) is 0 Å². The Bertz CT molecular complexity index is 435. The zero-order valence-electron chi connectivity index (χ0n) is 9.74. The van der Waals surface area contributed by atoms with E-state index in [0.29, 0.717) is 24.4 Å². The fourth-order valence-corrected chi connectivity index (χ4v) is 2.50. The highest BCUT2D eigenvalue weighted by atomic mass is 19.1. The molecule has 17 heavy (non-hydrogen) atoms. The molecule has 1 aliphatic carbocycles. The molecular formula is C13H16FNO2. The molecule has 0 aromatic heterocycles. The molecule has 2 rings (SSSR count). The summed E-state index contributed by atoms with van der Waals surface area (Å²) in [6.07, 6.45) is 2.05. The molecule has 1 saturated carbocycles. The van der Waals surface area contributed by atoms with E-state index < -0.39 is 11.5 Å². The van der Waals surface area contributed by atoms with E-state index in [1.807, 2.05) is 6.92 Å². The molecule has 0 bridgehead atoms. The van der Waals surface area contributed by atoms with Crippen molar-refractivity contribution in [1.29, 1.82) is 0 Å². The van der Waals surface area contributed by atoms with E-state index in [1.54, 1.807) is 12.1 Å². The van der Waals surface area contributed by atoms with Crippen molar-refractivity contribution in [3.05, 3.63) is 30.1 Å². The largest absolute Gasteiger partial charge is 0.480 e. The van der Waals surface area contributed by atoms with Crippen LogP contribution in [-0.2, 0) is 4.79 Å². The van der Waals surface area contributed by atoms with Gasteiger partial charge in [-0.3, -0.25) is 0 Å². The van der Waals surface area contributed by atoms with Crippen molar-refractivity contribution in [2.75, 3.05) is 5.32 Å². The first-order valence-corrected chi connectivity index (χ1v) is 5.79. The Kier molecular flexibility index (Phi) is 3.05. The molecule has 0 heterocycles. The molecule has 0 amide bonds. The lowest BCUT2D eigenvalue weighted by Gasteiger charge is -2.27. The number of hydrogen-bond donors (Lipinski definition) is 2. The van der Waals surface area contributed by atoms with Crippen molar-refractivity contribution in [3.8, 4) is 0 Å². The van der Waals surface area contributed by atoms with Gasteiger partial charge in [0, 0.05) is 5.69 Å². The summed E-state index contributed by atoms with van der Waals surface area (Å²) < 4.78 is 13.1. The van der Waals surface area contributed by atoms with Crippen LogP contribution in [0.2, 0.25) is 0 Å². The normalized spacial score (nSPS) is 28.0. The molecule has 1 fully saturated rings. The highest BCUT2D eigenvalue weighted by molar-refractivity contribution is 5.83. The minimum Gasteiger partial charge on any atom is -0.480 e. The molecule has 2 unspecified atom stereocenters. The Morgan fingerprint density at radius 3 is 2.88 bits per heavy atom. The van der Waals surface area contributed by atoms with Gasteiger partial charge in [0.1, 0.15) is 11.4 Å². The van der Waals surface area contributed by atoms with E-state index in [1.165, 1.54) is 12.1 Å². The molecular weight excluding hydrogens is 221 g/mol. The van der Waals surface area contributed by atoms with Gasteiger partial charge in [-0.05, 0) is 43.4 Å². The van der Waals surface area contributed by atoms with Crippen molar-refractivity contribution in [1.82, 2.24) is 0 Å². The van der Waals surface area contributed by atoms with E-state index in [2.05, 4.69) is 5.32 Å².